The number of nitrogens with one attached hydrogen (secondary N) is 1. The summed E-state index contributed by atoms with van der Waals surface area (Å²) in [4.78, 5) is 27.0. The van der Waals surface area contributed by atoms with Gasteiger partial charge in [0.05, 0.1) is 4.92 Å². The third-order valence-corrected chi connectivity index (χ3v) is 4.15. The molecule has 0 aliphatic rings. The Balaban J connectivity index is 2.27. The Morgan fingerprint density at radius 2 is 2.08 bits per heavy atom. The minimum Gasteiger partial charge on any atom is -0.344 e. The summed E-state index contributed by atoms with van der Waals surface area (Å²) in [6.45, 7) is 7.97. The highest BCUT2D eigenvalue weighted by Crippen LogP contribution is 2.27. The number of nitro benzene ring substituents is 1. The Labute approximate surface area is 152 Å². The van der Waals surface area contributed by atoms with Crippen LogP contribution in [-0.4, -0.2) is 21.0 Å². The largest absolute Gasteiger partial charge is 0.344 e. The van der Waals surface area contributed by atoms with Gasteiger partial charge in [-0.3, -0.25) is 14.9 Å². The van der Waals surface area contributed by atoms with Crippen molar-refractivity contribution in [3.8, 4) is 11.4 Å². The van der Waals surface area contributed by atoms with Crippen LogP contribution in [0.4, 0.5) is 5.69 Å². The number of aromatic nitrogens is 2. The molecule has 0 saturated heterocycles. The summed E-state index contributed by atoms with van der Waals surface area (Å²) in [5.41, 5.74) is 0.447. The van der Waals surface area contributed by atoms with Gasteiger partial charge in [0.2, 0.25) is 17.6 Å². The summed E-state index contributed by atoms with van der Waals surface area (Å²) in [5.74, 6) is 0.841. The van der Waals surface area contributed by atoms with Gasteiger partial charge in [0.15, 0.2) is 0 Å². The van der Waals surface area contributed by atoms with E-state index in [0.29, 0.717) is 17.9 Å². The SMILES string of the molecule is CC[C@H](C)[C@@H](NC(=O)CC(C)C)c1nc(-c2cccc([N+](=O)[O-])c2)no1. The van der Waals surface area contributed by atoms with E-state index in [1.54, 1.807) is 12.1 Å². The van der Waals surface area contributed by atoms with E-state index in [0.717, 1.165) is 6.42 Å². The summed E-state index contributed by atoms with van der Waals surface area (Å²) in [7, 11) is 0. The van der Waals surface area contributed by atoms with E-state index in [2.05, 4.69) is 15.5 Å². The molecule has 2 aromatic rings. The topological polar surface area (TPSA) is 111 Å². The molecule has 2 atom stereocenters. The van der Waals surface area contributed by atoms with Crippen molar-refractivity contribution in [3.05, 3.63) is 40.3 Å². The molecule has 0 fully saturated rings. The lowest BCUT2D eigenvalue weighted by Gasteiger charge is -2.21. The van der Waals surface area contributed by atoms with E-state index < -0.39 is 11.0 Å². The fourth-order valence-corrected chi connectivity index (χ4v) is 2.52. The number of carbonyl (C=O) groups excluding carboxylic acids is 1. The van der Waals surface area contributed by atoms with Crippen molar-refractivity contribution >= 4 is 11.6 Å². The van der Waals surface area contributed by atoms with Crippen molar-refractivity contribution in [2.75, 3.05) is 0 Å². The summed E-state index contributed by atoms with van der Waals surface area (Å²) < 4.78 is 5.36. The summed E-state index contributed by atoms with van der Waals surface area (Å²) in [5, 5.41) is 17.8. The fourth-order valence-electron chi connectivity index (χ4n) is 2.52. The summed E-state index contributed by atoms with van der Waals surface area (Å²) in [6, 6.07) is 5.64. The summed E-state index contributed by atoms with van der Waals surface area (Å²) >= 11 is 0. The average Bonchev–Trinajstić information content (AvgIpc) is 3.08. The predicted octanol–water partition coefficient (Wildman–Crippen LogP) is 3.89. The van der Waals surface area contributed by atoms with E-state index >= 15 is 0 Å². The molecule has 0 spiro atoms. The smallest absolute Gasteiger partial charge is 0.270 e. The molecule has 26 heavy (non-hydrogen) atoms. The lowest BCUT2D eigenvalue weighted by atomic mass is 9.98. The third kappa shape index (κ3) is 4.87. The molecule has 1 amide bonds. The maximum absolute atomic E-state index is 12.2. The van der Waals surface area contributed by atoms with Gasteiger partial charge in [0, 0.05) is 24.1 Å². The second-order valence-electron chi connectivity index (χ2n) is 6.79. The van der Waals surface area contributed by atoms with Crippen molar-refractivity contribution in [1.29, 1.82) is 0 Å². The van der Waals surface area contributed by atoms with Gasteiger partial charge in [-0.2, -0.15) is 4.98 Å². The molecule has 0 unspecified atom stereocenters. The Kier molecular flexibility index (Phi) is 6.43. The molecule has 1 N–H and O–H groups in total. The van der Waals surface area contributed by atoms with Crippen LogP contribution in [0.3, 0.4) is 0 Å². The predicted molar refractivity (Wildman–Crippen MR) is 96.2 cm³/mol. The van der Waals surface area contributed by atoms with Crippen LogP contribution in [0, 0.1) is 22.0 Å². The number of nitro groups is 1. The van der Waals surface area contributed by atoms with Crippen LogP contribution >= 0.6 is 0 Å². The number of benzene rings is 1. The average molecular weight is 360 g/mol. The van der Waals surface area contributed by atoms with E-state index in [1.807, 2.05) is 27.7 Å². The van der Waals surface area contributed by atoms with Crippen LogP contribution in [0.2, 0.25) is 0 Å². The van der Waals surface area contributed by atoms with Crippen LogP contribution in [0.1, 0.15) is 52.5 Å². The number of hydrogen-bond acceptors (Lipinski definition) is 6. The van der Waals surface area contributed by atoms with Gasteiger partial charge < -0.3 is 9.84 Å². The number of non-ortho nitro benzene ring substituents is 1. The molecule has 140 valence electrons. The molecule has 8 heteroatoms. The molecule has 0 radical (unpaired) electrons. The molecular formula is C18H24N4O4. The van der Waals surface area contributed by atoms with Gasteiger partial charge in [-0.1, -0.05) is 51.4 Å². The molecular weight excluding hydrogens is 336 g/mol. The number of nitrogens with zero attached hydrogens (tertiary/aromatic N) is 3. The minimum absolute atomic E-state index is 0.0439. The Hall–Kier alpha value is -2.77. The highest BCUT2D eigenvalue weighted by Gasteiger charge is 2.26. The lowest BCUT2D eigenvalue weighted by molar-refractivity contribution is -0.384. The van der Waals surface area contributed by atoms with Crippen LogP contribution in [0.15, 0.2) is 28.8 Å². The van der Waals surface area contributed by atoms with E-state index in [-0.39, 0.29) is 29.3 Å². The molecule has 0 aliphatic heterocycles. The van der Waals surface area contributed by atoms with Crippen molar-refractivity contribution < 1.29 is 14.2 Å². The summed E-state index contributed by atoms with van der Waals surface area (Å²) in [6.07, 6.45) is 1.24. The Bertz CT molecular complexity index is 772. The first-order valence-electron chi connectivity index (χ1n) is 8.69. The van der Waals surface area contributed by atoms with Crippen LogP contribution < -0.4 is 5.32 Å². The van der Waals surface area contributed by atoms with E-state index in [4.69, 9.17) is 4.52 Å². The number of carbonyl (C=O) groups is 1. The first-order valence-corrected chi connectivity index (χ1v) is 8.69. The normalized spacial score (nSPS) is 13.4. The van der Waals surface area contributed by atoms with Gasteiger partial charge in [-0.05, 0) is 11.8 Å². The van der Waals surface area contributed by atoms with Crippen molar-refractivity contribution in [2.24, 2.45) is 11.8 Å². The minimum atomic E-state index is -0.474. The maximum Gasteiger partial charge on any atom is 0.270 e. The second-order valence-corrected chi connectivity index (χ2v) is 6.79. The zero-order valence-corrected chi connectivity index (χ0v) is 15.4. The Morgan fingerprint density at radius 1 is 1.35 bits per heavy atom. The van der Waals surface area contributed by atoms with Gasteiger partial charge in [-0.25, -0.2) is 0 Å². The quantitative estimate of drug-likeness (QED) is 0.564. The maximum atomic E-state index is 12.2. The van der Waals surface area contributed by atoms with Gasteiger partial charge >= 0.3 is 0 Å². The van der Waals surface area contributed by atoms with E-state index in [1.165, 1.54) is 12.1 Å². The highest BCUT2D eigenvalue weighted by molar-refractivity contribution is 5.76. The number of amides is 1. The van der Waals surface area contributed by atoms with E-state index in [9.17, 15) is 14.9 Å². The van der Waals surface area contributed by atoms with Crippen LogP contribution in [0.25, 0.3) is 11.4 Å². The molecule has 0 bridgehead atoms. The molecule has 1 aromatic heterocycles. The zero-order valence-electron chi connectivity index (χ0n) is 15.4. The van der Waals surface area contributed by atoms with Crippen molar-refractivity contribution in [1.82, 2.24) is 15.5 Å². The number of hydrogen-bond donors (Lipinski definition) is 1. The molecule has 8 nitrogen and oxygen atoms in total. The van der Waals surface area contributed by atoms with Gasteiger partial charge in [0.25, 0.3) is 5.69 Å². The molecule has 0 aliphatic carbocycles. The molecule has 1 aromatic carbocycles. The lowest BCUT2D eigenvalue weighted by Crippen LogP contribution is -2.33. The molecule has 0 saturated carbocycles. The van der Waals surface area contributed by atoms with Crippen LogP contribution in [0.5, 0.6) is 0 Å². The first kappa shape index (κ1) is 19.6. The zero-order chi connectivity index (χ0) is 19.3. The van der Waals surface area contributed by atoms with Crippen molar-refractivity contribution in [3.63, 3.8) is 0 Å². The van der Waals surface area contributed by atoms with Gasteiger partial charge in [-0.15, -0.1) is 0 Å². The van der Waals surface area contributed by atoms with Crippen LogP contribution in [-0.2, 0) is 4.79 Å². The number of rotatable bonds is 8. The standard InChI is InChI=1S/C18H24N4O4/c1-5-12(4)16(19-15(23)9-11(2)3)18-20-17(21-26-18)13-7-6-8-14(10-13)22(24)25/h6-8,10-12,16H,5,9H2,1-4H3,(H,19,23)/t12-,16+/m0/s1. The molecule has 1 heterocycles. The molecule has 2 rings (SSSR count). The first-order chi connectivity index (χ1) is 12.3. The highest BCUT2D eigenvalue weighted by atomic mass is 16.6. The fraction of sp³-hybridized carbons (Fsp3) is 0.500. The van der Waals surface area contributed by atoms with Crippen molar-refractivity contribution in [2.45, 2.75) is 46.6 Å². The Morgan fingerprint density at radius 3 is 2.69 bits per heavy atom. The second kappa shape index (κ2) is 8.55. The monoisotopic (exact) mass is 360 g/mol. The third-order valence-electron chi connectivity index (χ3n) is 4.15. The van der Waals surface area contributed by atoms with Gasteiger partial charge in [0.1, 0.15) is 6.04 Å².